The van der Waals surface area contributed by atoms with Gasteiger partial charge in [-0.25, -0.2) is 15.0 Å². The van der Waals surface area contributed by atoms with Crippen LogP contribution in [0, 0.1) is 6.92 Å². The van der Waals surface area contributed by atoms with E-state index in [1.807, 2.05) is 13.8 Å². The number of thiazole rings is 1. The smallest absolute Gasteiger partial charge is 0.193 e. The summed E-state index contributed by atoms with van der Waals surface area (Å²) < 4.78 is 5.54. The average molecular weight is 443 g/mol. The molecule has 154 valence electrons. The van der Waals surface area contributed by atoms with E-state index in [-0.39, 0.29) is 24.7 Å². The topological polar surface area (TPSA) is 95.7 Å². The maximum absolute atomic E-state index is 12.8. The molecule has 10 heteroatoms. The van der Waals surface area contributed by atoms with Crippen LogP contribution >= 0.6 is 22.9 Å². The molecule has 0 N–H and O–H groups in total. The van der Waals surface area contributed by atoms with Gasteiger partial charge in [0.25, 0.3) is 0 Å². The number of aromatic nitrogens is 6. The Kier molecular flexibility index (Phi) is 5.85. The quantitative estimate of drug-likeness (QED) is 0.430. The van der Waals surface area contributed by atoms with Crippen molar-refractivity contribution in [2.24, 2.45) is 0 Å². The van der Waals surface area contributed by atoms with Gasteiger partial charge in [-0.05, 0) is 31.0 Å². The average Bonchev–Trinajstić information content (AvgIpc) is 3.36. The van der Waals surface area contributed by atoms with Gasteiger partial charge >= 0.3 is 0 Å². The third-order valence-electron chi connectivity index (χ3n) is 4.69. The lowest BCUT2D eigenvalue weighted by Crippen LogP contribution is -2.12. The Morgan fingerprint density at radius 2 is 2.00 bits per heavy atom. The van der Waals surface area contributed by atoms with Gasteiger partial charge in [0.1, 0.15) is 16.1 Å². The Morgan fingerprint density at radius 3 is 2.70 bits per heavy atom. The number of carbonyl (C=O) groups excluding carboxylic acids is 1. The van der Waals surface area contributed by atoms with Crippen molar-refractivity contribution in [3.05, 3.63) is 57.6 Å². The number of aryl methyl sites for hydroxylation is 1. The first kappa shape index (κ1) is 20.5. The van der Waals surface area contributed by atoms with Crippen molar-refractivity contribution in [2.45, 2.75) is 32.8 Å². The third-order valence-corrected chi connectivity index (χ3v) is 5.85. The summed E-state index contributed by atoms with van der Waals surface area (Å²) in [5.41, 5.74) is 3.26. The molecular weight excluding hydrogens is 424 g/mol. The van der Waals surface area contributed by atoms with Gasteiger partial charge in [-0.2, -0.15) is 10.2 Å². The molecule has 0 aromatic carbocycles. The van der Waals surface area contributed by atoms with Crippen LogP contribution in [-0.2, 0) is 22.4 Å². The molecule has 8 nitrogen and oxygen atoms in total. The van der Waals surface area contributed by atoms with E-state index in [2.05, 4.69) is 25.1 Å². The molecule has 1 atom stereocenters. The molecule has 0 amide bonds. The normalized spacial score (nSPS) is 12.4. The van der Waals surface area contributed by atoms with Gasteiger partial charge in [-0.3, -0.25) is 4.79 Å². The van der Waals surface area contributed by atoms with Crippen molar-refractivity contribution in [1.29, 1.82) is 0 Å². The molecule has 1 unspecified atom stereocenters. The molecule has 0 fully saturated rings. The summed E-state index contributed by atoms with van der Waals surface area (Å²) in [6, 6.07) is 1.72. The van der Waals surface area contributed by atoms with E-state index in [1.54, 1.807) is 38.0 Å². The zero-order valence-corrected chi connectivity index (χ0v) is 18.2. The standard InChI is InChI=1S/C20H19ClN6O2S/c1-11(29-3)17-14(10-23-20-18(17)26-12(2)30-20)8-15(28)6-13-7-16(21)19(22-9-13)27-24-4-5-25-27/h4-5,7,9-11H,6,8H2,1-3H3. The van der Waals surface area contributed by atoms with Crippen molar-refractivity contribution in [3.8, 4) is 5.82 Å². The Balaban J connectivity index is 1.57. The molecule has 0 saturated heterocycles. The van der Waals surface area contributed by atoms with Gasteiger partial charge in [0.15, 0.2) is 5.82 Å². The second-order valence-electron chi connectivity index (χ2n) is 6.82. The minimum absolute atomic E-state index is 0.0236. The van der Waals surface area contributed by atoms with Crippen LogP contribution in [-0.4, -0.2) is 42.8 Å². The highest BCUT2D eigenvalue weighted by Crippen LogP contribution is 2.31. The fourth-order valence-electron chi connectivity index (χ4n) is 3.29. The van der Waals surface area contributed by atoms with E-state index in [1.165, 1.54) is 16.1 Å². The highest BCUT2D eigenvalue weighted by Gasteiger charge is 2.20. The minimum Gasteiger partial charge on any atom is -0.377 e. The first-order chi connectivity index (χ1) is 14.5. The summed E-state index contributed by atoms with van der Waals surface area (Å²) in [7, 11) is 1.64. The maximum Gasteiger partial charge on any atom is 0.193 e. The zero-order chi connectivity index (χ0) is 21.3. The lowest BCUT2D eigenvalue weighted by atomic mass is 9.98. The van der Waals surface area contributed by atoms with E-state index >= 15 is 0 Å². The number of Topliss-reactive ketones (excluding diaryl/α,β-unsaturated/α-hetero) is 1. The first-order valence-corrected chi connectivity index (χ1v) is 10.5. The van der Waals surface area contributed by atoms with Gasteiger partial charge in [0.2, 0.25) is 0 Å². The Hall–Kier alpha value is -2.75. The summed E-state index contributed by atoms with van der Waals surface area (Å²) in [5, 5.41) is 9.35. The molecule has 0 spiro atoms. The summed E-state index contributed by atoms with van der Waals surface area (Å²) in [6.07, 6.45) is 6.69. The molecule has 4 aromatic heterocycles. The summed E-state index contributed by atoms with van der Waals surface area (Å²) in [6.45, 7) is 3.89. The summed E-state index contributed by atoms with van der Waals surface area (Å²) >= 11 is 7.84. The molecular formula is C20H19ClN6O2S. The second-order valence-corrected chi connectivity index (χ2v) is 8.41. The zero-order valence-electron chi connectivity index (χ0n) is 16.7. The Labute approximate surface area is 181 Å². The van der Waals surface area contributed by atoms with Crippen LogP contribution in [0.15, 0.2) is 30.9 Å². The van der Waals surface area contributed by atoms with Crippen molar-refractivity contribution < 1.29 is 9.53 Å². The van der Waals surface area contributed by atoms with E-state index in [9.17, 15) is 4.79 Å². The monoisotopic (exact) mass is 442 g/mol. The number of nitrogens with zero attached hydrogens (tertiary/aromatic N) is 6. The fourth-order valence-corrected chi connectivity index (χ4v) is 4.33. The summed E-state index contributed by atoms with van der Waals surface area (Å²) in [5.74, 6) is 0.443. The van der Waals surface area contributed by atoms with Crippen LogP contribution in [0.1, 0.15) is 34.7 Å². The number of rotatable bonds is 7. The predicted octanol–water partition coefficient (Wildman–Crippen LogP) is 3.69. The van der Waals surface area contributed by atoms with Gasteiger partial charge < -0.3 is 4.74 Å². The van der Waals surface area contributed by atoms with Crippen LogP contribution in [0.2, 0.25) is 5.02 Å². The lowest BCUT2D eigenvalue weighted by molar-refractivity contribution is -0.117. The van der Waals surface area contributed by atoms with Crippen molar-refractivity contribution in [3.63, 3.8) is 0 Å². The molecule has 0 radical (unpaired) electrons. The second kappa shape index (κ2) is 8.55. The van der Waals surface area contributed by atoms with E-state index in [4.69, 9.17) is 16.3 Å². The molecule has 0 saturated carbocycles. The number of methoxy groups -OCH3 is 1. The predicted molar refractivity (Wildman–Crippen MR) is 114 cm³/mol. The van der Waals surface area contributed by atoms with Crippen molar-refractivity contribution >= 4 is 39.1 Å². The molecule has 0 aliphatic carbocycles. The van der Waals surface area contributed by atoms with E-state index in [0.29, 0.717) is 10.8 Å². The highest BCUT2D eigenvalue weighted by atomic mass is 35.5. The fraction of sp³-hybridized carbons (Fsp3) is 0.300. The Bertz CT molecular complexity index is 1210. The van der Waals surface area contributed by atoms with Gasteiger partial charge in [-0.15, -0.1) is 4.80 Å². The van der Waals surface area contributed by atoms with E-state index < -0.39 is 0 Å². The van der Waals surface area contributed by atoms with Crippen LogP contribution in [0.5, 0.6) is 0 Å². The van der Waals surface area contributed by atoms with Crippen molar-refractivity contribution in [2.75, 3.05) is 7.11 Å². The molecule has 4 rings (SSSR count). The first-order valence-electron chi connectivity index (χ1n) is 9.26. The maximum atomic E-state index is 12.8. The molecule has 0 aliphatic heterocycles. The van der Waals surface area contributed by atoms with Crippen molar-refractivity contribution in [1.82, 2.24) is 29.9 Å². The largest absolute Gasteiger partial charge is 0.377 e. The number of halogens is 1. The minimum atomic E-state index is -0.197. The van der Waals surface area contributed by atoms with Crippen LogP contribution in [0.4, 0.5) is 0 Å². The number of carbonyl (C=O) groups is 1. The molecule has 4 aromatic rings. The number of ether oxygens (including phenoxy) is 1. The van der Waals surface area contributed by atoms with Gasteiger partial charge in [0, 0.05) is 37.9 Å². The van der Waals surface area contributed by atoms with Gasteiger partial charge in [0.05, 0.1) is 28.5 Å². The summed E-state index contributed by atoms with van der Waals surface area (Å²) in [4.78, 5) is 28.4. The Morgan fingerprint density at radius 1 is 1.23 bits per heavy atom. The van der Waals surface area contributed by atoms with Crippen LogP contribution < -0.4 is 0 Å². The number of hydrogen-bond acceptors (Lipinski definition) is 8. The third kappa shape index (κ3) is 4.09. The number of ketones is 1. The van der Waals surface area contributed by atoms with E-state index in [0.717, 1.165) is 32.0 Å². The SMILES string of the molecule is COC(C)c1c(CC(=O)Cc2cnc(-n3nccn3)c(Cl)c2)cnc2sc(C)nc12. The number of fused-ring (bicyclic) bond motifs is 1. The highest BCUT2D eigenvalue weighted by molar-refractivity contribution is 7.18. The molecule has 0 bridgehead atoms. The molecule has 0 aliphatic rings. The number of pyridine rings is 2. The molecule has 30 heavy (non-hydrogen) atoms. The number of hydrogen-bond donors (Lipinski definition) is 0. The molecule has 4 heterocycles. The van der Waals surface area contributed by atoms with Crippen LogP contribution in [0.25, 0.3) is 16.2 Å². The lowest BCUT2D eigenvalue weighted by Gasteiger charge is -2.15. The van der Waals surface area contributed by atoms with Crippen LogP contribution in [0.3, 0.4) is 0 Å². The van der Waals surface area contributed by atoms with Gasteiger partial charge in [-0.1, -0.05) is 22.9 Å².